The minimum Gasteiger partial charge on any atom is -0.298 e. The Balaban J connectivity index is 1.69. The molecule has 2 heteroatoms. The lowest BCUT2D eigenvalue weighted by atomic mass is 9.41. The van der Waals surface area contributed by atoms with Gasteiger partial charge in [0.2, 0.25) is 0 Å². The molecule has 2 atom stereocenters. The van der Waals surface area contributed by atoms with Crippen molar-refractivity contribution in [2.24, 2.45) is 10.8 Å². The van der Waals surface area contributed by atoms with Gasteiger partial charge in [-0.3, -0.25) is 9.69 Å². The van der Waals surface area contributed by atoms with Crippen LogP contribution in [0.25, 0.3) is 0 Å². The molecule has 0 N–H and O–H groups in total. The lowest BCUT2D eigenvalue weighted by Gasteiger charge is -2.66. The predicted octanol–water partition coefficient (Wildman–Crippen LogP) is 3.71. The molecule has 4 aliphatic rings. The van der Waals surface area contributed by atoms with Crippen LogP contribution in [0.3, 0.4) is 0 Å². The quantitative estimate of drug-likeness (QED) is 0.679. The Morgan fingerprint density at radius 3 is 2.30 bits per heavy atom. The number of likely N-dealkylation sites (tertiary alicyclic amines) is 1. The van der Waals surface area contributed by atoms with E-state index in [0.717, 1.165) is 19.3 Å². The zero-order chi connectivity index (χ0) is 13.6. The number of carbonyl (C=O) groups excluding carboxylic acids is 1. The van der Waals surface area contributed by atoms with Crippen molar-refractivity contribution in [3.63, 3.8) is 0 Å². The van der Waals surface area contributed by atoms with Crippen molar-refractivity contribution in [1.29, 1.82) is 0 Å². The van der Waals surface area contributed by atoms with Crippen molar-refractivity contribution in [2.75, 3.05) is 13.1 Å². The van der Waals surface area contributed by atoms with E-state index in [-0.39, 0.29) is 10.8 Å². The molecule has 1 heterocycles. The molecule has 20 heavy (non-hydrogen) atoms. The van der Waals surface area contributed by atoms with Gasteiger partial charge in [0.25, 0.3) is 0 Å². The van der Waals surface area contributed by atoms with E-state index < -0.39 is 0 Å². The summed E-state index contributed by atoms with van der Waals surface area (Å²) in [5.41, 5.74) is 0.0736. The average molecular weight is 273 g/mol. The summed E-state index contributed by atoms with van der Waals surface area (Å²) < 4.78 is 0. The molecule has 0 aromatic rings. The van der Waals surface area contributed by atoms with Gasteiger partial charge in [0.05, 0.1) is 0 Å². The molecule has 0 aromatic carbocycles. The van der Waals surface area contributed by atoms with Crippen LogP contribution < -0.4 is 0 Å². The van der Waals surface area contributed by atoms with Crippen LogP contribution in [0.1, 0.15) is 64.2 Å². The molecule has 0 bridgehead atoms. The van der Waals surface area contributed by atoms with Crippen molar-refractivity contribution < 1.29 is 4.79 Å². The first kappa shape index (κ1) is 13.1. The Bertz CT molecular complexity index is 429. The van der Waals surface area contributed by atoms with Crippen LogP contribution in [-0.4, -0.2) is 29.8 Å². The number of ketones is 1. The number of nitrogens with zero attached hydrogens (tertiary/aromatic N) is 1. The highest BCUT2D eigenvalue weighted by Crippen LogP contribution is 2.64. The zero-order valence-corrected chi connectivity index (χ0v) is 12.6. The Morgan fingerprint density at radius 1 is 0.900 bits per heavy atom. The van der Waals surface area contributed by atoms with Gasteiger partial charge in [0, 0.05) is 16.9 Å². The summed E-state index contributed by atoms with van der Waals surface area (Å²) in [5, 5.41) is 0. The van der Waals surface area contributed by atoms with E-state index in [1.165, 1.54) is 58.0 Å². The molecule has 110 valence electrons. The molecular formula is C18H27NO. The Hall–Kier alpha value is -0.630. The Morgan fingerprint density at radius 2 is 1.65 bits per heavy atom. The number of hydrogen-bond acceptors (Lipinski definition) is 2. The second-order valence-corrected chi connectivity index (χ2v) is 7.56. The standard InChI is InChI=1S/C18H27NO/c20-16-17(9-3-1-4-10-17)15(19-13-7-8-14-19)18(16)11-5-2-6-12-18/h1,3,15H,2,4-14H2/t15-,17-/m1/s1. The van der Waals surface area contributed by atoms with Gasteiger partial charge in [-0.25, -0.2) is 0 Å². The second kappa shape index (κ2) is 4.69. The van der Waals surface area contributed by atoms with Crippen LogP contribution in [0.15, 0.2) is 12.2 Å². The smallest absolute Gasteiger partial charge is 0.148 e. The fourth-order valence-electron chi connectivity index (χ4n) is 5.89. The first-order valence-corrected chi connectivity index (χ1v) is 8.74. The van der Waals surface area contributed by atoms with E-state index in [2.05, 4.69) is 17.1 Å². The summed E-state index contributed by atoms with van der Waals surface area (Å²) >= 11 is 0. The summed E-state index contributed by atoms with van der Waals surface area (Å²) in [6.45, 7) is 2.48. The lowest BCUT2D eigenvalue weighted by Crippen LogP contribution is -2.75. The van der Waals surface area contributed by atoms with Gasteiger partial charge < -0.3 is 0 Å². The number of Topliss-reactive ketones (excluding diaryl/α,β-unsaturated/α-hetero) is 1. The third kappa shape index (κ3) is 1.57. The van der Waals surface area contributed by atoms with Crippen LogP contribution in [-0.2, 0) is 4.79 Å². The van der Waals surface area contributed by atoms with Gasteiger partial charge in [0.15, 0.2) is 0 Å². The number of rotatable bonds is 1. The van der Waals surface area contributed by atoms with E-state index in [0.29, 0.717) is 11.8 Å². The van der Waals surface area contributed by atoms with E-state index >= 15 is 0 Å². The zero-order valence-electron chi connectivity index (χ0n) is 12.6. The molecule has 1 aliphatic heterocycles. The van der Waals surface area contributed by atoms with Crippen LogP contribution >= 0.6 is 0 Å². The molecule has 0 radical (unpaired) electrons. The van der Waals surface area contributed by atoms with Gasteiger partial charge in [-0.15, -0.1) is 0 Å². The topological polar surface area (TPSA) is 20.3 Å². The van der Waals surface area contributed by atoms with Crippen LogP contribution in [0.4, 0.5) is 0 Å². The molecule has 0 aromatic heterocycles. The highest BCUT2D eigenvalue weighted by molar-refractivity contribution is 5.99. The third-order valence-corrected chi connectivity index (χ3v) is 6.61. The average Bonchev–Trinajstić information content (AvgIpc) is 3.02. The highest BCUT2D eigenvalue weighted by Gasteiger charge is 2.70. The normalized spacial score (nSPS) is 40.4. The SMILES string of the molecule is O=C1C2(CCCCC2)[C@H](N2CCCC2)[C@]12CC=CCC2. The number of hydrogen-bond donors (Lipinski definition) is 0. The number of carbonyl (C=O) groups is 1. The summed E-state index contributed by atoms with van der Waals surface area (Å²) in [7, 11) is 0. The largest absolute Gasteiger partial charge is 0.298 e. The van der Waals surface area contributed by atoms with Gasteiger partial charge in [-0.1, -0.05) is 31.4 Å². The summed E-state index contributed by atoms with van der Waals surface area (Å²) in [4.78, 5) is 15.9. The van der Waals surface area contributed by atoms with Gasteiger partial charge >= 0.3 is 0 Å². The molecule has 4 rings (SSSR count). The van der Waals surface area contributed by atoms with Crippen LogP contribution in [0, 0.1) is 10.8 Å². The Labute approximate surface area is 122 Å². The van der Waals surface area contributed by atoms with Crippen molar-refractivity contribution in [3.05, 3.63) is 12.2 Å². The van der Waals surface area contributed by atoms with Crippen LogP contribution in [0.2, 0.25) is 0 Å². The van der Waals surface area contributed by atoms with E-state index in [1.54, 1.807) is 0 Å². The van der Waals surface area contributed by atoms with E-state index in [1.807, 2.05) is 0 Å². The molecular weight excluding hydrogens is 246 g/mol. The first-order chi connectivity index (χ1) is 9.80. The maximum atomic E-state index is 13.2. The summed E-state index contributed by atoms with van der Waals surface area (Å²) in [5.74, 6) is 0.658. The summed E-state index contributed by atoms with van der Waals surface area (Å²) in [6, 6.07) is 0.579. The maximum Gasteiger partial charge on any atom is 0.148 e. The monoisotopic (exact) mass is 273 g/mol. The van der Waals surface area contributed by atoms with Crippen molar-refractivity contribution in [2.45, 2.75) is 70.3 Å². The van der Waals surface area contributed by atoms with Gasteiger partial charge in [0.1, 0.15) is 5.78 Å². The molecule has 3 fully saturated rings. The third-order valence-electron chi connectivity index (χ3n) is 6.61. The fraction of sp³-hybridized carbons (Fsp3) is 0.833. The van der Waals surface area contributed by atoms with E-state index in [4.69, 9.17) is 0 Å². The maximum absolute atomic E-state index is 13.2. The molecule has 2 saturated carbocycles. The molecule has 2 spiro atoms. The van der Waals surface area contributed by atoms with Crippen molar-refractivity contribution >= 4 is 5.78 Å². The minimum atomic E-state index is 0.0103. The van der Waals surface area contributed by atoms with Gasteiger partial charge in [-0.05, 0) is 58.0 Å². The number of allylic oxidation sites excluding steroid dienone is 2. The van der Waals surface area contributed by atoms with Crippen molar-refractivity contribution in [1.82, 2.24) is 4.90 Å². The fourth-order valence-corrected chi connectivity index (χ4v) is 5.89. The van der Waals surface area contributed by atoms with Crippen LogP contribution in [0.5, 0.6) is 0 Å². The molecule has 2 nitrogen and oxygen atoms in total. The summed E-state index contributed by atoms with van der Waals surface area (Å²) in [6.07, 6.45) is 16.8. The van der Waals surface area contributed by atoms with E-state index in [9.17, 15) is 4.79 Å². The molecule has 0 unspecified atom stereocenters. The highest BCUT2D eigenvalue weighted by atomic mass is 16.1. The first-order valence-electron chi connectivity index (χ1n) is 8.74. The second-order valence-electron chi connectivity index (χ2n) is 7.56. The molecule has 3 aliphatic carbocycles. The van der Waals surface area contributed by atoms with Gasteiger partial charge in [-0.2, -0.15) is 0 Å². The predicted molar refractivity (Wildman–Crippen MR) is 80.5 cm³/mol. The Kier molecular flexibility index (Phi) is 3.06. The minimum absolute atomic E-state index is 0.0103. The van der Waals surface area contributed by atoms with Crippen molar-refractivity contribution in [3.8, 4) is 0 Å². The lowest BCUT2D eigenvalue weighted by molar-refractivity contribution is -0.187. The molecule has 0 amide bonds. The molecule has 1 saturated heterocycles.